The molecule has 0 fully saturated rings. The summed E-state index contributed by atoms with van der Waals surface area (Å²) in [5.41, 5.74) is 0. The Hall–Kier alpha value is -2.34. The number of rotatable bonds is 4. The van der Waals surface area contributed by atoms with Gasteiger partial charge in [0.2, 0.25) is 0 Å². The van der Waals surface area contributed by atoms with Crippen molar-refractivity contribution in [2.75, 3.05) is 13.1 Å². The molecule has 13 heteroatoms. The number of hydrogen-bond acceptors (Lipinski definition) is 5. The zero-order valence-corrected chi connectivity index (χ0v) is 9.72. The van der Waals surface area contributed by atoms with Crippen LogP contribution in [0.5, 0.6) is 0 Å². The van der Waals surface area contributed by atoms with Crippen LogP contribution in [-0.2, 0) is 23.9 Å². The minimum atomic E-state index is -5.26. The Morgan fingerprint density at radius 2 is 1.00 bits per heavy atom. The number of nitrogens with one attached hydrogen (secondary N) is 2. The van der Waals surface area contributed by atoms with Gasteiger partial charge in [0, 0.05) is 0 Å². The van der Waals surface area contributed by atoms with Crippen LogP contribution in [0.25, 0.3) is 0 Å². The quantitative estimate of drug-likeness (QED) is 0.409. The van der Waals surface area contributed by atoms with Crippen molar-refractivity contribution in [1.82, 2.24) is 10.6 Å². The second kappa shape index (κ2) is 6.90. The second-order valence-electron chi connectivity index (χ2n) is 3.21. The lowest BCUT2D eigenvalue weighted by Gasteiger charge is -2.08. The van der Waals surface area contributed by atoms with E-state index in [0.29, 0.717) is 0 Å². The predicted octanol–water partition coefficient (Wildman–Crippen LogP) is -0.587. The predicted molar refractivity (Wildman–Crippen MR) is 49.2 cm³/mol. The normalized spacial score (nSPS) is 11.5. The molecular formula is C8H6F6N2O5. The highest BCUT2D eigenvalue weighted by molar-refractivity contribution is 5.92. The second-order valence-corrected chi connectivity index (χ2v) is 3.21. The Morgan fingerprint density at radius 1 is 0.714 bits per heavy atom. The van der Waals surface area contributed by atoms with E-state index in [0.717, 1.165) is 10.6 Å². The number of amides is 2. The third-order valence-electron chi connectivity index (χ3n) is 1.53. The summed E-state index contributed by atoms with van der Waals surface area (Å²) < 4.78 is 73.9. The van der Waals surface area contributed by atoms with Gasteiger partial charge in [-0.25, -0.2) is 9.59 Å². The third kappa shape index (κ3) is 7.74. The summed E-state index contributed by atoms with van der Waals surface area (Å²) in [5, 5.41) is 2.12. The number of hydrogen-bond donors (Lipinski definition) is 2. The molecule has 0 bridgehead atoms. The first-order valence-corrected chi connectivity index (χ1v) is 4.77. The number of esters is 2. The van der Waals surface area contributed by atoms with E-state index in [9.17, 15) is 45.5 Å². The number of ether oxygens (including phenoxy) is 1. The summed E-state index contributed by atoms with van der Waals surface area (Å²) in [7, 11) is 0. The van der Waals surface area contributed by atoms with Gasteiger partial charge >= 0.3 is 36.1 Å². The Kier molecular flexibility index (Phi) is 6.13. The minimum absolute atomic E-state index is 1.06. The number of carbonyl (C=O) groups is 4. The van der Waals surface area contributed by atoms with E-state index >= 15 is 0 Å². The van der Waals surface area contributed by atoms with Crippen LogP contribution >= 0.6 is 0 Å². The Labute approximate surface area is 111 Å². The zero-order chi connectivity index (χ0) is 16.8. The molecule has 0 atom stereocenters. The molecule has 0 aliphatic carbocycles. The van der Waals surface area contributed by atoms with Gasteiger partial charge in [0.1, 0.15) is 13.1 Å². The lowest BCUT2D eigenvalue weighted by molar-refractivity contribution is -0.176. The SMILES string of the molecule is O=C(CNC(=O)C(F)(F)F)OC(=O)CNC(=O)C(F)(F)F. The summed E-state index contributed by atoms with van der Waals surface area (Å²) in [6.45, 7) is -2.67. The van der Waals surface area contributed by atoms with Crippen molar-refractivity contribution in [3.63, 3.8) is 0 Å². The van der Waals surface area contributed by atoms with Crippen molar-refractivity contribution in [3.8, 4) is 0 Å². The van der Waals surface area contributed by atoms with Gasteiger partial charge in [0.05, 0.1) is 0 Å². The first-order chi connectivity index (χ1) is 9.34. The number of halogens is 6. The van der Waals surface area contributed by atoms with Gasteiger partial charge in [-0.3, -0.25) is 9.59 Å². The monoisotopic (exact) mass is 324 g/mol. The van der Waals surface area contributed by atoms with Crippen molar-refractivity contribution >= 4 is 23.8 Å². The molecule has 0 saturated carbocycles. The van der Waals surface area contributed by atoms with E-state index in [-0.39, 0.29) is 0 Å². The van der Waals surface area contributed by atoms with Crippen molar-refractivity contribution in [2.45, 2.75) is 12.4 Å². The Morgan fingerprint density at radius 3 is 1.24 bits per heavy atom. The summed E-state index contributed by atoms with van der Waals surface area (Å²) in [6, 6.07) is 0. The van der Waals surface area contributed by atoms with Gasteiger partial charge in [-0.05, 0) is 0 Å². The van der Waals surface area contributed by atoms with Gasteiger partial charge in [0.25, 0.3) is 0 Å². The highest BCUT2D eigenvalue weighted by atomic mass is 19.4. The number of alkyl halides is 6. The molecule has 2 amide bonds. The van der Waals surface area contributed by atoms with Gasteiger partial charge in [0.15, 0.2) is 0 Å². The molecule has 7 nitrogen and oxygen atoms in total. The van der Waals surface area contributed by atoms with Crippen LogP contribution in [0, 0.1) is 0 Å². The lowest BCUT2D eigenvalue weighted by atomic mass is 10.5. The third-order valence-corrected chi connectivity index (χ3v) is 1.53. The molecule has 0 aromatic carbocycles. The lowest BCUT2D eigenvalue weighted by Crippen LogP contribution is -2.42. The van der Waals surface area contributed by atoms with Crippen molar-refractivity contribution in [3.05, 3.63) is 0 Å². The fraction of sp³-hybridized carbons (Fsp3) is 0.500. The highest BCUT2D eigenvalue weighted by Crippen LogP contribution is 2.14. The Balaban J connectivity index is 4.10. The molecule has 0 unspecified atom stereocenters. The van der Waals surface area contributed by atoms with Gasteiger partial charge in [-0.2, -0.15) is 26.3 Å². The minimum Gasteiger partial charge on any atom is -0.390 e. The maximum Gasteiger partial charge on any atom is 0.471 e. The summed E-state index contributed by atoms with van der Waals surface area (Å²) in [5.74, 6) is -8.26. The molecule has 0 aliphatic heterocycles. The van der Waals surface area contributed by atoms with E-state index in [4.69, 9.17) is 0 Å². The molecule has 0 aromatic heterocycles. The van der Waals surface area contributed by atoms with E-state index < -0.39 is 49.2 Å². The van der Waals surface area contributed by atoms with Gasteiger partial charge in [-0.15, -0.1) is 0 Å². The van der Waals surface area contributed by atoms with Crippen LogP contribution in [0.4, 0.5) is 26.3 Å². The summed E-state index contributed by atoms with van der Waals surface area (Å²) in [4.78, 5) is 42.1. The molecule has 0 spiro atoms. The fourth-order valence-corrected chi connectivity index (χ4v) is 0.704. The molecule has 0 saturated heterocycles. The standard InChI is InChI=1S/C8H6F6N2O5/c9-7(10,11)5(19)15-1-3(17)21-4(18)2-16-6(20)8(12,13)14/h1-2H2,(H,15,19)(H,16,20). The molecular weight excluding hydrogens is 318 g/mol. The maximum absolute atomic E-state index is 11.7. The van der Waals surface area contributed by atoms with E-state index in [2.05, 4.69) is 4.74 Å². The molecule has 21 heavy (non-hydrogen) atoms. The van der Waals surface area contributed by atoms with Crippen molar-refractivity contribution in [1.29, 1.82) is 0 Å². The van der Waals surface area contributed by atoms with Gasteiger partial charge < -0.3 is 15.4 Å². The van der Waals surface area contributed by atoms with E-state index in [1.165, 1.54) is 0 Å². The average Bonchev–Trinajstić information content (AvgIpc) is 2.30. The first-order valence-electron chi connectivity index (χ1n) is 4.77. The van der Waals surface area contributed by atoms with Crippen LogP contribution in [0.3, 0.4) is 0 Å². The first kappa shape index (κ1) is 18.7. The smallest absolute Gasteiger partial charge is 0.390 e. The molecule has 0 aliphatic rings. The van der Waals surface area contributed by atoms with Crippen LogP contribution < -0.4 is 10.6 Å². The largest absolute Gasteiger partial charge is 0.471 e. The number of carbonyl (C=O) groups excluding carboxylic acids is 4. The molecule has 0 heterocycles. The van der Waals surface area contributed by atoms with Crippen LogP contribution in [-0.4, -0.2) is 49.2 Å². The molecule has 2 N–H and O–H groups in total. The Bertz CT molecular complexity index is 403. The molecule has 120 valence electrons. The topological polar surface area (TPSA) is 102 Å². The van der Waals surface area contributed by atoms with Crippen molar-refractivity contribution < 1.29 is 50.3 Å². The maximum atomic E-state index is 11.7. The van der Waals surface area contributed by atoms with Crippen molar-refractivity contribution in [2.24, 2.45) is 0 Å². The molecule has 0 radical (unpaired) electrons. The van der Waals surface area contributed by atoms with E-state index in [1.807, 2.05) is 0 Å². The summed E-state index contributed by atoms with van der Waals surface area (Å²) >= 11 is 0. The van der Waals surface area contributed by atoms with Crippen LogP contribution in [0.15, 0.2) is 0 Å². The molecule has 0 rings (SSSR count). The zero-order valence-electron chi connectivity index (χ0n) is 9.72. The summed E-state index contributed by atoms with van der Waals surface area (Å²) in [6.07, 6.45) is -10.5. The van der Waals surface area contributed by atoms with Gasteiger partial charge in [-0.1, -0.05) is 0 Å². The van der Waals surface area contributed by atoms with Crippen LogP contribution in [0.1, 0.15) is 0 Å². The van der Waals surface area contributed by atoms with Crippen LogP contribution in [0.2, 0.25) is 0 Å². The van der Waals surface area contributed by atoms with E-state index in [1.54, 1.807) is 0 Å². The fourth-order valence-electron chi connectivity index (χ4n) is 0.704. The molecule has 0 aromatic rings. The average molecular weight is 324 g/mol. The highest BCUT2D eigenvalue weighted by Gasteiger charge is 2.39.